The fourth-order valence-corrected chi connectivity index (χ4v) is 3.05. The number of nitrogens with one attached hydrogen (secondary N) is 1. The van der Waals surface area contributed by atoms with E-state index in [-0.39, 0.29) is 6.09 Å². The van der Waals surface area contributed by atoms with Crippen molar-refractivity contribution in [3.63, 3.8) is 0 Å². The monoisotopic (exact) mass is 272 g/mol. The van der Waals surface area contributed by atoms with Crippen LogP contribution in [0.5, 0.6) is 0 Å². The van der Waals surface area contributed by atoms with Crippen molar-refractivity contribution in [1.82, 2.24) is 10.2 Å². The summed E-state index contributed by atoms with van der Waals surface area (Å²) in [6.07, 6.45) is 2.23. The fourth-order valence-electron chi connectivity index (χ4n) is 2.25. The molecule has 0 aromatic heterocycles. The molecule has 0 aliphatic carbocycles. The Kier molecular flexibility index (Phi) is 4.43. The van der Waals surface area contributed by atoms with E-state index in [2.05, 4.69) is 5.32 Å². The highest BCUT2D eigenvalue weighted by atomic mass is 32.2. The second kappa shape index (κ2) is 5.70. The molecule has 1 atom stereocenters. The van der Waals surface area contributed by atoms with E-state index in [1.165, 1.54) is 12.8 Å². The molecule has 2 rings (SSSR count). The molecule has 1 N–H and O–H groups in total. The molecule has 0 aromatic carbocycles. The number of amides is 1. The summed E-state index contributed by atoms with van der Waals surface area (Å²) < 4.78 is 5.52. The average molecular weight is 272 g/mol. The third kappa shape index (κ3) is 3.79. The zero-order valence-corrected chi connectivity index (χ0v) is 12.4. The van der Waals surface area contributed by atoms with Crippen molar-refractivity contribution >= 4 is 17.9 Å². The van der Waals surface area contributed by atoms with E-state index in [0.29, 0.717) is 12.1 Å². The number of rotatable bonds is 3. The third-order valence-electron chi connectivity index (χ3n) is 3.27. The smallest absolute Gasteiger partial charge is 0.410 e. The maximum Gasteiger partial charge on any atom is 0.410 e. The van der Waals surface area contributed by atoms with Gasteiger partial charge in [0, 0.05) is 24.1 Å². The predicted molar refractivity (Wildman–Crippen MR) is 75.1 cm³/mol. The van der Waals surface area contributed by atoms with Gasteiger partial charge in [0.1, 0.15) is 5.60 Å². The van der Waals surface area contributed by atoms with E-state index in [1.807, 2.05) is 37.4 Å². The molecule has 104 valence electrons. The van der Waals surface area contributed by atoms with Crippen LogP contribution in [0.4, 0.5) is 4.79 Å². The average Bonchev–Trinajstić information content (AvgIpc) is 2.63. The first kappa shape index (κ1) is 14.0. The lowest BCUT2D eigenvalue weighted by Crippen LogP contribution is -2.53. The molecule has 0 spiro atoms. The maximum atomic E-state index is 12.2. The van der Waals surface area contributed by atoms with E-state index in [4.69, 9.17) is 4.74 Å². The van der Waals surface area contributed by atoms with Crippen LogP contribution in [0.1, 0.15) is 33.6 Å². The Labute approximate surface area is 114 Å². The summed E-state index contributed by atoms with van der Waals surface area (Å²) in [4.78, 5) is 14.2. The molecule has 2 saturated heterocycles. The van der Waals surface area contributed by atoms with Crippen LogP contribution in [0, 0.1) is 0 Å². The Balaban J connectivity index is 1.93. The van der Waals surface area contributed by atoms with Gasteiger partial charge in [0.25, 0.3) is 0 Å². The van der Waals surface area contributed by atoms with Gasteiger partial charge in [0.15, 0.2) is 0 Å². The van der Waals surface area contributed by atoms with Crippen LogP contribution in [0.2, 0.25) is 0 Å². The number of ether oxygens (including phenoxy) is 1. The second-order valence-electron chi connectivity index (χ2n) is 6.12. The van der Waals surface area contributed by atoms with Gasteiger partial charge in [-0.3, -0.25) is 0 Å². The zero-order chi connectivity index (χ0) is 13.2. The Bertz CT molecular complexity index is 294. The summed E-state index contributed by atoms with van der Waals surface area (Å²) in [5, 5.41) is 3.45. The lowest BCUT2D eigenvalue weighted by Gasteiger charge is -2.39. The van der Waals surface area contributed by atoms with Gasteiger partial charge in [-0.1, -0.05) is 0 Å². The first-order valence-electron chi connectivity index (χ1n) is 6.76. The second-order valence-corrected chi connectivity index (χ2v) is 7.19. The van der Waals surface area contributed by atoms with Gasteiger partial charge in [-0.05, 0) is 40.2 Å². The quantitative estimate of drug-likeness (QED) is 0.854. The molecule has 0 aromatic rings. The van der Waals surface area contributed by atoms with Crippen LogP contribution in [0.3, 0.4) is 0 Å². The van der Waals surface area contributed by atoms with Crippen LogP contribution >= 0.6 is 11.8 Å². The lowest BCUT2D eigenvalue weighted by atomic mass is 10.2. The molecule has 2 aliphatic rings. The summed E-state index contributed by atoms with van der Waals surface area (Å²) >= 11 is 1.90. The number of carbonyl (C=O) groups is 1. The first-order chi connectivity index (χ1) is 8.46. The SMILES string of the molecule is CC(C)(C)OC(=O)N(CC1CCCN1)C1CSC1. The van der Waals surface area contributed by atoms with Gasteiger partial charge in [0.2, 0.25) is 0 Å². The standard InChI is InChI=1S/C13H24N2O2S/c1-13(2,3)17-12(16)15(11-8-18-9-11)7-10-5-4-6-14-10/h10-11,14H,4-9H2,1-3H3. The van der Waals surface area contributed by atoms with Crippen molar-refractivity contribution in [2.75, 3.05) is 24.6 Å². The molecule has 0 bridgehead atoms. The summed E-state index contributed by atoms with van der Waals surface area (Å²) in [7, 11) is 0. The minimum absolute atomic E-state index is 0.151. The minimum atomic E-state index is -0.407. The third-order valence-corrected chi connectivity index (χ3v) is 4.51. The first-order valence-corrected chi connectivity index (χ1v) is 7.92. The van der Waals surface area contributed by atoms with Gasteiger partial charge in [-0.2, -0.15) is 11.8 Å². The number of hydrogen-bond donors (Lipinski definition) is 1. The number of nitrogens with zero attached hydrogens (tertiary/aromatic N) is 1. The van der Waals surface area contributed by atoms with Crippen LogP contribution < -0.4 is 5.32 Å². The molecule has 2 aliphatic heterocycles. The van der Waals surface area contributed by atoms with Crippen LogP contribution in [-0.2, 0) is 4.74 Å². The molecular weight excluding hydrogens is 248 g/mol. The van der Waals surface area contributed by atoms with E-state index in [9.17, 15) is 4.79 Å². The Morgan fingerprint density at radius 3 is 2.61 bits per heavy atom. The van der Waals surface area contributed by atoms with Crippen molar-refractivity contribution in [2.24, 2.45) is 0 Å². The van der Waals surface area contributed by atoms with E-state index in [1.54, 1.807) is 0 Å². The van der Waals surface area contributed by atoms with Gasteiger partial charge in [-0.25, -0.2) is 4.79 Å². The number of carbonyl (C=O) groups excluding carboxylic acids is 1. The molecule has 18 heavy (non-hydrogen) atoms. The fraction of sp³-hybridized carbons (Fsp3) is 0.923. The van der Waals surface area contributed by atoms with Gasteiger partial charge >= 0.3 is 6.09 Å². The number of hydrogen-bond acceptors (Lipinski definition) is 4. The van der Waals surface area contributed by atoms with E-state index in [0.717, 1.165) is 24.6 Å². The Morgan fingerprint density at radius 2 is 2.17 bits per heavy atom. The van der Waals surface area contributed by atoms with Crippen molar-refractivity contribution in [2.45, 2.75) is 51.3 Å². The lowest BCUT2D eigenvalue weighted by molar-refractivity contribution is 0.0173. The van der Waals surface area contributed by atoms with Crippen molar-refractivity contribution in [3.8, 4) is 0 Å². The van der Waals surface area contributed by atoms with Crippen LogP contribution in [-0.4, -0.2) is 53.3 Å². The van der Waals surface area contributed by atoms with Gasteiger partial charge in [-0.15, -0.1) is 0 Å². The topological polar surface area (TPSA) is 41.6 Å². The van der Waals surface area contributed by atoms with Crippen molar-refractivity contribution in [3.05, 3.63) is 0 Å². The summed E-state index contributed by atoms with van der Waals surface area (Å²) in [5.41, 5.74) is -0.407. The molecule has 4 nitrogen and oxygen atoms in total. The van der Waals surface area contributed by atoms with Gasteiger partial charge < -0.3 is 15.0 Å². The maximum absolute atomic E-state index is 12.2. The summed E-state index contributed by atoms with van der Waals surface area (Å²) in [6, 6.07) is 0.815. The molecule has 1 amide bonds. The van der Waals surface area contributed by atoms with E-state index >= 15 is 0 Å². The summed E-state index contributed by atoms with van der Waals surface area (Å²) in [6.45, 7) is 7.64. The molecule has 2 fully saturated rings. The minimum Gasteiger partial charge on any atom is -0.444 e. The number of thioether (sulfide) groups is 1. The molecule has 0 radical (unpaired) electrons. The predicted octanol–water partition coefficient (Wildman–Crippen LogP) is 2.09. The van der Waals surface area contributed by atoms with Crippen LogP contribution in [0.15, 0.2) is 0 Å². The molecule has 0 saturated carbocycles. The highest BCUT2D eigenvalue weighted by Crippen LogP contribution is 2.26. The molecule has 1 unspecified atom stereocenters. The highest BCUT2D eigenvalue weighted by Gasteiger charge is 2.34. The Morgan fingerprint density at radius 1 is 1.44 bits per heavy atom. The molecular formula is C13H24N2O2S. The van der Waals surface area contributed by atoms with Crippen molar-refractivity contribution < 1.29 is 9.53 Å². The zero-order valence-electron chi connectivity index (χ0n) is 11.6. The summed E-state index contributed by atoms with van der Waals surface area (Å²) in [5.74, 6) is 2.10. The normalized spacial score (nSPS) is 24.7. The largest absolute Gasteiger partial charge is 0.444 e. The van der Waals surface area contributed by atoms with Crippen LogP contribution in [0.25, 0.3) is 0 Å². The highest BCUT2D eigenvalue weighted by molar-refractivity contribution is 8.00. The van der Waals surface area contributed by atoms with E-state index < -0.39 is 5.60 Å². The molecule has 5 heteroatoms. The van der Waals surface area contributed by atoms with Gasteiger partial charge in [0.05, 0.1) is 6.04 Å². The Hall–Kier alpha value is -0.420. The molecule has 2 heterocycles. The van der Waals surface area contributed by atoms with Crippen molar-refractivity contribution in [1.29, 1.82) is 0 Å².